The van der Waals surface area contributed by atoms with Crippen molar-refractivity contribution in [2.45, 2.75) is 32.2 Å². The molecule has 100 valence electrons. The van der Waals surface area contributed by atoms with E-state index in [0.29, 0.717) is 18.2 Å². The van der Waals surface area contributed by atoms with Crippen LogP contribution in [0, 0.1) is 5.92 Å². The highest BCUT2D eigenvalue weighted by Crippen LogP contribution is 2.34. The molecule has 1 aliphatic rings. The van der Waals surface area contributed by atoms with Crippen LogP contribution in [0.15, 0.2) is 6.07 Å². The van der Waals surface area contributed by atoms with Crippen LogP contribution >= 0.6 is 0 Å². The molecular weight excluding hydrogens is 228 g/mol. The van der Waals surface area contributed by atoms with Crippen LogP contribution in [0.5, 0.6) is 0 Å². The lowest BCUT2D eigenvalue weighted by atomic mass is 10.1. The second-order valence-corrected chi connectivity index (χ2v) is 5.05. The summed E-state index contributed by atoms with van der Waals surface area (Å²) in [6, 6.07) is 2.04. The largest absolute Gasteiger partial charge is 0.336 e. The second kappa shape index (κ2) is 5.10. The predicted octanol–water partition coefficient (Wildman–Crippen LogP) is 0.792. The maximum atomic E-state index is 12.4. The molecule has 1 saturated carbocycles. The minimum absolute atomic E-state index is 0.0204. The second-order valence-electron chi connectivity index (χ2n) is 5.05. The third-order valence-corrected chi connectivity index (χ3v) is 3.74. The number of aromatic nitrogens is 2. The van der Waals surface area contributed by atoms with Crippen LogP contribution in [-0.2, 0) is 13.5 Å². The van der Waals surface area contributed by atoms with E-state index in [2.05, 4.69) is 5.10 Å². The first-order valence-corrected chi connectivity index (χ1v) is 6.58. The summed E-state index contributed by atoms with van der Waals surface area (Å²) in [7, 11) is 3.66. The van der Waals surface area contributed by atoms with Crippen LogP contribution in [-0.4, -0.2) is 40.2 Å². The molecule has 1 fully saturated rings. The van der Waals surface area contributed by atoms with Crippen molar-refractivity contribution in [3.8, 4) is 0 Å². The molecule has 0 saturated heterocycles. The summed E-state index contributed by atoms with van der Waals surface area (Å²) < 4.78 is 1.66. The van der Waals surface area contributed by atoms with Crippen molar-refractivity contribution in [2.75, 3.05) is 13.6 Å². The van der Waals surface area contributed by atoms with Gasteiger partial charge in [-0.15, -0.1) is 0 Å². The van der Waals surface area contributed by atoms with E-state index < -0.39 is 0 Å². The number of aryl methyl sites for hydroxylation is 2. The fourth-order valence-electron chi connectivity index (χ4n) is 2.38. The Bertz CT molecular complexity index is 436. The molecule has 18 heavy (non-hydrogen) atoms. The average Bonchev–Trinajstić information content (AvgIpc) is 3.12. The lowest BCUT2D eigenvalue weighted by Gasteiger charge is -2.27. The zero-order chi connectivity index (χ0) is 13.3. The Kier molecular flexibility index (Phi) is 3.71. The van der Waals surface area contributed by atoms with E-state index in [4.69, 9.17) is 5.73 Å². The van der Waals surface area contributed by atoms with Gasteiger partial charge in [-0.1, -0.05) is 6.92 Å². The first kappa shape index (κ1) is 13.1. The van der Waals surface area contributed by atoms with Crippen LogP contribution in [0.4, 0.5) is 0 Å². The number of carbonyl (C=O) groups is 1. The summed E-state index contributed by atoms with van der Waals surface area (Å²) in [6.45, 7) is 2.57. The maximum Gasteiger partial charge on any atom is 0.272 e. The number of nitrogens with two attached hydrogens (primary N) is 1. The summed E-state index contributed by atoms with van der Waals surface area (Å²) in [5.74, 6) is 0.606. The van der Waals surface area contributed by atoms with E-state index in [1.807, 2.05) is 27.1 Å². The highest BCUT2D eigenvalue weighted by atomic mass is 16.2. The smallest absolute Gasteiger partial charge is 0.272 e. The molecule has 1 amide bonds. The molecular formula is C13H22N4O. The molecule has 1 heterocycles. The topological polar surface area (TPSA) is 64.2 Å². The Labute approximate surface area is 108 Å². The lowest BCUT2D eigenvalue weighted by molar-refractivity contribution is 0.0707. The molecule has 1 aromatic rings. The van der Waals surface area contributed by atoms with Crippen LogP contribution in [0.25, 0.3) is 0 Å². The van der Waals surface area contributed by atoms with Gasteiger partial charge in [-0.25, -0.2) is 0 Å². The van der Waals surface area contributed by atoms with Crippen LogP contribution in [0.2, 0.25) is 0 Å². The number of amides is 1. The third kappa shape index (κ3) is 2.41. The molecule has 1 aliphatic carbocycles. The third-order valence-electron chi connectivity index (χ3n) is 3.74. The van der Waals surface area contributed by atoms with Crippen molar-refractivity contribution in [1.29, 1.82) is 0 Å². The number of likely N-dealkylation sites (N-methyl/N-ethyl adjacent to an activating group) is 1. The molecule has 1 aromatic heterocycles. The van der Waals surface area contributed by atoms with Crippen LogP contribution in [0.1, 0.15) is 35.9 Å². The Morgan fingerprint density at radius 2 is 2.33 bits per heavy atom. The van der Waals surface area contributed by atoms with Crippen molar-refractivity contribution in [2.24, 2.45) is 18.7 Å². The number of rotatable bonds is 5. The minimum Gasteiger partial charge on any atom is -0.336 e. The van der Waals surface area contributed by atoms with E-state index in [1.165, 1.54) is 12.8 Å². The van der Waals surface area contributed by atoms with Crippen molar-refractivity contribution in [3.63, 3.8) is 0 Å². The number of hydrogen-bond acceptors (Lipinski definition) is 3. The van der Waals surface area contributed by atoms with Gasteiger partial charge in [0.25, 0.3) is 5.91 Å². The molecule has 5 heteroatoms. The summed E-state index contributed by atoms with van der Waals surface area (Å²) in [5.41, 5.74) is 7.38. The average molecular weight is 250 g/mol. The van der Waals surface area contributed by atoms with E-state index in [-0.39, 0.29) is 11.9 Å². The van der Waals surface area contributed by atoms with Crippen molar-refractivity contribution in [1.82, 2.24) is 14.7 Å². The van der Waals surface area contributed by atoms with E-state index in [9.17, 15) is 4.79 Å². The summed E-state index contributed by atoms with van der Waals surface area (Å²) >= 11 is 0. The molecule has 5 nitrogen and oxygen atoms in total. The van der Waals surface area contributed by atoms with Gasteiger partial charge in [0, 0.05) is 26.7 Å². The van der Waals surface area contributed by atoms with Gasteiger partial charge in [-0.3, -0.25) is 9.48 Å². The van der Waals surface area contributed by atoms with Gasteiger partial charge in [0.05, 0.1) is 5.69 Å². The molecule has 0 aliphatic heterocycles. The quantitative estimate of drug-likeness (QED) is 0.840. The van der Waals surface area contributed by atoms with E-state index in [0.717, 1.165) is 12.1 Å². The van der Waals surface area contributed by atoms with Gasteiger partial charge in [-0.2, -0.15) is 5.10 Å². The first-order valence-electron chi connectivity index (χ1n) is 6.58. The standard InChI is InChI=1S/C13H22N4O/c1-4-10-7-11(17(3)15-10)13(18)16(2)12(8-14)9-5-6-9/h7,9,12H,4-6,8,14H2,1-3H3. The van der Waals surface area contributed by atoms with Gasteiger partial charge in [-0.05, 0) is 31.2 Å². The number of nitrogens with zero attached hydrogens (tertiary/aromatic N) is 3. The molecule has 2 N–H and O–H groups in total. The maximum absolute atomic E-state index is 12.4. The van der Waals surface area contributed by atoms with Crippen molar-refractivity contribution < 1.29 is 4.79 Å². The summed E-state index contributed by atoms with van der Waals surface area (Å²) in [4.78, 5) is 14.2. The van der Waals surface area contributed by atoms with Crippen LogP contribution in [0.3, 0.4) is 0 Å². The van der Waals surface area contributed by atoms with Gasteiger partial charge in [0.15, 0.2) is 0 Å². The zero-order valence-electron chi connectivity index (χ0n) is 11.4. The molecule has 0 radical (unpaired) electrons. The van der Waals surface area contributed by atoms with Gasteiger partial charge in [0.2, 0.25) is 0 Å². The molecule has 0 aromatic carbocycles. The monoisotopic (exact) mass is 250 g/mol. The highest BCUT2D eigenvalue weighted by molar-refractivity contribution is 5.92. The Morgan fingerprint density at radius 1 is 1.67 bits per heavy atom. The zero-order valence-corrected chi connectivity index (χ0v) is 11.4. The number of carbonyl (C=O) groups excluding carboxylic acids is 1. The van der Waals surface area contributed by atoms with Crippen molar-refractivity contribution in [3.05, 3.63) is 17.5 Å². The lowest BCUT2D eigenvalue weighted by Crippen LogP contribution is -2.43. The minimum atomic E-state index is 0.0204. The predicted molar refractivity (Wildman–Crippen MR) is 70.2 cm³/mol. The van der Waals surface area contributed by atoms with E-state index in [1.54, 1.807) is 9.58 Å². The molecule has 2 rings (SSSR count). The Balaban J connectivity index is 2.16. The van der Waals surface area contributed by atoms with Gasteiger partial charge < -0.3 is 10.6 Å². The summed E-state index contributed by atoms with van der Waals surface area (Å²) in [5, 5.41) is 4.32. The molecule has 0 bridgehead atoms. The molecule has 1 atom stereocenters. The summed E-state index contributed by atoms with van der Waals surface area (Å²) in [6.07, 6.45) is 3.21. The Hall–Kier alpha value is -1.36. The SMILES string of the molecule is CCc1cc(C(=O)N(C)C(CN)C2CC2)n(C)n1. The number of hydrogen-bond donors (Lipinski definition) is 1. The van der Waals surface area contributed by atoms with Crippen molar-refractivity contribution >= 4 is 5.91 Å². The fourth-order valence-corrected chi connectivity index (χ4v) is 2.38. The van der Waals surface area contributed by atoms with E-state index >= 15 is 0 Å². The van der Waals surface area contributed by atoms with Gasteiger partial charge in [0.1, 0.15) is 5.69 Å². The normalized spacial score (nSPS) is 16.7. The Morgan fingerprint density at radius 3 is 2.78 bits per heavy atom. The van der Waals surface area contributed by atoms with Gasteiger partial charge >= 0.3 is 0 Å². The highest BCUT2D eigenvalue weighted by Gasteiger charge is 2.35. The van der Waals surface area contributed by atoms with Crippen LogP contribution < -0.4 is 5.73 Å². The fraction of sp³-hybridized carbons (Fsp3) is 0.692. The first-order chi connectivity index (χ1) is 8.58. The molecule has 1 unspecified atom stereocenters. The molecule has 0 spiro atoms.